The first-order chi connectivity index (χ1) is 12.9. The fraction of sp³-hybridized carbons (Fsp3) is 0.923. The van der Waals surface area contributed by atoms with Crippen molar-refractivity contribution in [1.82, 2.24) is 14.7 Å². The Hall–Kier alpha value is 0.974. The zero-order valence-electron chi connectivity index (χ0n) is 18.3. The van der Waals surface area contributed by atoms with Crippen LogP contribution in [0.2, 0.25) is 0 Å². The number of carbonyl (C=O) groups is 1. The van der Waals surface area contributed by atoms with Crippen molar-refractivity contribution < 1.29 is 59.9 Å². The van der Waals surface area contributed by atoms with Crippen LogP contribution < -0.4 is 0 Å². The van der Waals surface area contributed by atoms with Gasteiger partial charge in [0.05, 0.1) is 0 Å². The van der Waals surface area contributed by atoms with E-state index in [0.29, 0.717) is 0 Å². The summed E-state index contributed by atoms with van der Waals surface area (Å²) in [7, 11) is 8.81. The van der Waals surface area contributed by atoms with Crippen molar-refractivity contribution >= 4 is 23.4 Å². The third-order valence-electron chi connectivity index (χ3n) is 4.13. The SMILES string of the molecule is CN(C)CC[P](O)(O)(O)[Ni]([CH]=O)([P](O)(O)(O)CCN(C)C)[P](O)(O)(O)CCN(C)C. The van der Waals surface area contributed by atoms with Crippen molar-refractivity contribution in [3.05, 3.63) is 0 Å². The topological polar surface area (TPSA) is 209 Å². The van der Waals surface area contributed by atoms with E-state index in [0.717, 1.165) is 0 Å². The van der Waals surface area contributed by atoms with Gasteiger partial charge in [-0.15, -0.1) is 0 Å². The first-order valence-corrected chi connectivity index (χ1v) is 19.6. The summed E-state index contributed by atoms with van der Waals surface area (Å²) in [5, 5.41) is -0.613. The van der Waals surface area contributed by atoms with E-state index in [1.807, 2.05) is 0 Å². The molecular formula is C13H40N3NiO10P3. The number of hydrogen-bond acceptors (Lipinski definition) is 13. The molecular weight excluding hydrogens is 510 g/mol. The molecule has 0 bridgehead atoms. The van der Waals surface area contributed by atoms with Crippen molar-refractivity contribution in [2.45, 2.75) is 0 Å². The number of carbonyl (C=O) groups excluding carboxylic acids is 1. The van der Waals surface area contributed by atoms with Crippen LogP contribution in [0.3, 0.4) is 0 Å². The summed E-state index contributed by atoms with van der Waals surface area (Å²) in [6.07, 6.45) is -3.33. The van der Waals surface area contributed by atoms with Crippen LogP contribution in [0, 0.1) is 0 Å². The van der Waals surface area contributed by atoms with E-state index in [1.165, 1.54) is 57.0 Å². The van der Waals surface area contributed by atoms with Crippen LogP contribution in [0.4, 0.5) is 0 Å². The van der Waals surface area contributed by atoms with Crippen LogP contribution in [0.1, 0.15) is 0 Å². The van der Waals surface area contributed by atoms with Gasteiger partial charge in [0.25, 0.3) is 0 Å². The third kappa shape index (κ3) is 6.10. The Kier molecular flexibility index (Phi) is 9.26. The van der Waals surface area contributed by atoms with Crippen molar-refractivity contribution in [2.24, 2.45) is 0 Å². The Labute approximate surface area is 178 Å². The molecule has 0 saturated carbocycles. The molecule has 0 aromatic rings. The molecule has 0 fully saturated rings. The summed E-state index contributed by atoms with van der Waals surface area (Å²) in [6, 6.07) is -20.5. The van der Waals surface area contributed by atoms with Gasteiger partial charge in [0.1, 0.15) is 0 Å². The summed E-state index contributed by atoms with van der Waals surface area (Å²) in [6.45, 7) is -1.02. The molecule has 0 heterocycles. The average molecular weight is 550 g/mol. The van der Waals surface area contributed by atoms with Gasteiger partial charge in [-0.3, -0.25) is 0 Å². The van der Waals surface area contributed by atoms with Crippen LogP contribution in [-0.2, 0) is 15.9 Å². The Morgan fingerprint density at radius 2 is 0.767 bits per heavy atom. The van der Waals surface area contributed by atoms with E-state index in [1.54, 1.807) is 0 Å². The van der Waals surface area contributed by atoms with Gasteiger partial charge in [-0.1, -0.05) is 0 Å². The molecule has 0 amide bonds. The first kappa shape index (κ1) is 31.0. The predicted molar refractivity (Wildman–Crippen MR) is 118 cm³/mol. The van der Waals surface area contributed by atoms with Crippen LogP contribution in [-0.4, -0.2) is 144 Å². The van der Waals surface area contributed by atoms with Crippen molar-refractivity contribution in [3.63, 3.8) is 0 Å². The van der Waals surface area contributed by atoms with E-state index in [2.05, 4.69) is 0 Å². The maximum atomic E-state index is 12.4. The molecule has 0 atom stereocenters. The third-order valence-corrected chi connectivity index (χ3v) is 43.9. The maximum absolute atomic E-state index is 12.4. The molecule has 0 radical (unpaired) electrons. The number of nitrogens with zero attached hydrogens (tertiary/aromatic N) is 3. The molecule has 0 aliphatic rings. The fourth-order valence-corrected chi connectivity index (χ4v) is 44.8. The van der Waals surface area contributed by atoms with E-state index in [4.69, 9.17) is 0 Å². The van der Waals surface area contributed by atoms with E-state index in [-0.39, 0.29) is 19.6 Å². The van der Waals surface area contributed by atoms with E-state index >= 15 is 0 Å². The normalized spacial score (nSPS) is 21.2. The Bertz CT molecular complexity index is 546. The van der Waals surface area contributed by atoms with Gasteiger partial charge >= 0.3 is 178 Å². The number of hydrogen-bond donors (Lipinski definition) is 9. The van der Waals surface area contributed by atoms with Gasteiger partial charge in [-0.25, -0.2) is 0 Å². The van der Waals surface area contributed by atoms with Gasteiger partial charge in [-0.05, 0) is 0 Å². The molecule has 0 aromatic heterocycles. The van der Waals surface area contributed by atoms with Gasteiger partial charge in [0.2, 0.25) is 0 Å². The second-order valence-electron chi connectivity index (χ2n) is 8.04. The summed E-state index contributed by atoms with van der Waals surface area (Å²) >= 11 is -5.69. The van der Waals surface area contributed by atoms with Gasteiger partial charge in [0.15, 0.2) is 0 Å². The van der Waals surface area contributed by atoms with Crippen molar-refractivity contribution in [2.75, 3.05) is 80.4 Å². The Morgan fingerprint density at radius 3 is 0.900 bits per heavy atom. The minimum absolute atomic E-state index is 0.340. The summed E-state index contributed by atoms with van der Waals surface area (Å²) in [5.41, 5.74) is 0. The molecule has 0 spiro atoms. The first-order valence-electron chi connectivity index (χ1n) is 8.72. The van der Waals surface area contributed by atoms with Crippen LogP contribution in [0.5, 0.6) is 0 Å². The molecule has 0 rings (SSSR count). The summed E-state index contributed by atoms with van der Waals surface area (Å²) in [5.74, 6) is 0. The molecule has 17 heteroatoms. The summed E-state index contributed by atoms with van der Waals surface area (Å²) in [4.78, 5) is 115. The van der Waals surface area contributed by atoms with Gasteiger partial charge in [-0.2, -0.15) is 0 Å². The predicted octanol–water partition coefficient (Wildman–Crippen LogP) is -2.41. The molecule has 30 heavy (non-hydrogen) atoms. The van der Waals surface area contributed by atoms with Crippen molar-refractivity contribution in [3.8, 4) is 0 Å². The molecule has 9 N–H and O–H groups in total. The quantitative estimate of drug-likeness (QED) is 0.0666. The van der Waals surface area contributed by atoms with Gasteiger partial charge in [0, 0.05) is 0 Å². The Balaban J connectivity index is 7.22. The molecule has 0 saturated heterocycles. The monoisotopic (exact) mass is 549 g/mol. The minimum atomic E-state index is -6.85. The molecule has 0 aliphatic heterocycles. The number of rotatable bonds is 13. The average Bonchev–Trinajstić information content (AvgIpc) is 2.48. The zero-order valence-corrected chi connectivity index (χ0v) is 21.9. The zero-order chi connectivity index (χ0) is 24.5. The van der Waals surface area contributed by atoms with Crippen LogP contribution in [0.15, 0.2) is 0 Å². The molecule has 0 aliphatic carbocycles. The second-order valence-corrected chi connectivity index (χ2v) is 33.3. The Morgan fingerprint density at radius 1 is 0.567 bits per heavy atom. The summed E-state index contributed by atoms with van der Waals surface area (Å²) < 4.78 is 0. The van der Waals surface area contributed by atoms with Crippen LogP contribution >= 0.6 is 18.2 Å². The molecule has 192 valence electrons. The van der Waals surface area contributed by atoms with E-state index < -0.39 is 53.0 Å². The second kappa shape index (κ2) is 8.97. The van der Waals surface area contributed by atoms with Crippen LogP contribution in [0.25, 0.3) is 0 Å². The van der Waals surface area contributed by atoms with E-state index in [9.17, 15) is 48.8 Å². The fourth-order valence-electron chi connectivity index (χ4n) is 2.41. The van der Waals surface area contributed by atoms with Crippen molar-refractivity contribution in [1.29, 1.82) is 0 Å². The molecule has 0 aromatic carbocycles. The molecule has 0 unspecified atom stereocenters. The molecule has 13 nitrogen and oxygen atoms in total. The standard InChI is InChI=1S/3C4H13NO3P.CHO.Ni/c3*1-5(2)3-4-9(6,7)8;1-2;/h3*6-8H,3-4H2,1-2H3;1H;/q3*+1;;-3. The van der Waals surface area contributed by atoms with Gasteiger partial charge < -0.3 is 0 Å².